The number of carbonyl (C=O) groups excluding carboxylic acids is 1. The molecular weight excluding hydrogens is 320 g/mol. The maximum Gasteiger partial charge on any atom is 0.293 e. The molecule has 3 rings (SSSR count). The van der Waals surface area contributed by atoms with E-state index in [1.165, 1.54) is 0 Å². The van der Waals surface area contributed by atoms with Crippen molar-refractivity contribution in [3.63, 3.8) is 0 Å². The van der Waals surface area contributed by atoms with Crippen LogP contribution in [0, 0.1) is 6.92 Å². The molecule has 0 atom stereocenters. The zero-order chi connectivity index (χ0) is 16.4. The van der Waals surface area contributed by atoms with E-state index < -0.39 is 11.5 Å². The van der Waals surface area contributed by atoms with Crippen LogP contribution in [-0.2, 0) is 6.54 Å². The smallest absolute Gasteiger partial charge is 0.293 e. The Balaban J connectivity index is 1.70. The first-order valence-electron chi connectivity index (χ1n) is 6.80. The topological polar surface area (TPSA) is 92.9 Å². The fourth-order valence-electron chi connectivity index (χ4n) is 2.13. The number of hydrogen-bond acceptors (Lipinski definition) is 4. The molecule has 0 saturated heterocycles. The largest absolute Gasteiger partial charge is 0.383 e. The number of aryl methyl sites for hydroxylation is 1. The van der Waals surface area contributed by atoms with Gasteiger partial charge in [0, 0.05) is 23.3 Å². The average molecular weight is 333 g/mol. The average Bonchev–Trinajstić information content (AvgIpc) is 3.12. The van der Waals surface area contributed by atoms with Gasteiger partial charge in [-0.05, 0) is 25.1 Å². The number of aromatic amines is 1. The van der Waals surface area contributed by atoms with Crippen molar-refractivity contribution in [2.45, 2.75) is 13.5 Å². The van der Waals surface area contributed by atoms with E-state index in [2.05, 4.69) is 15.6 Å². The van der Waals surface area contributed by atoms with Crippen molar-refractivity contribution >= 4 is 17.5 Å². The van der Waals surface area contributed by atoms with E-state index in [0.717, 1.165) is 11.3 Å². The molecule has 0 aliphatic carbocycles. The fraction of sp³-hybridized carbons (Fsp3) is 0.133. The Morgan fingerprint density at radius 3 is 3.00 bits per heavy atom. The summed E-state index contributed by atoms with van der Waals surface area (Å²) in [6, 6.07) is 7.26. The first kappa shape index (κ1) is 15.1. The molecule has 2 N–H and O–H groups in total. The van der Waals surface area contributed by atoms with E-state index in [-0.39, 0.29) is 17.9 Å². The molecule has 7 nitrogen and oxygen atoms in total. The SMILES string of the molecule is Cc1o[nH]c(=O)c1C(=O)NCc1cnn(-c2cccc(Cl)c2)c1. The van der Waals surface area contributed by atoms with Gasteiger partial charge in [0.15, 0.2) is 0 Å². The predicted molar refractivity (Wildman–Crippen MR) is 83.8 cm³/mol. The zero-order valence-electron chi connectivity index (χ0n) is 12.2. The quantitative estimate of drug-likeness (QED) is 0.764. The van der Waals surface area contributed by atoms with E-state index in [0.29, 0.717) is 5.02 Å². The summed E-state index contributed by atoms with van der Waals surface area (Å²) >= 11 is 5.95. The van der Waals surface area contributed by atoms with Gasteiger partial charge in [-0.1, -0.05) is 17.7 Å². The summed E-state index contributed by atoms with van der Waals surface area (Å²) in [5, 5.41) is 9.62. The number of H-pyrrole nitrogens is 1. The van der Waals surface area contributed by atoms with Gasteiger partial charge in [0.05, 0.1) is 11.9 Å². The Labute approximate surface area is 135 Å². The molecule has 118 valence electrons. The Kier molecular flexibility index (Phi) is 4.03. The minimum Gasteiger partial charge on any atom is -0.383 e. The Hall–Kier alpha value is -2.80. The summed E-state index contributed by atoms with van der Waals surface area (Å²) in [6.45, 7) is 1.79. The third-order valence-corrected chi connectivity index (χ3v) is 3.50. The Morgan fingerprint density at radius 2 is 2.30 bits per heavy atom. The van der Waals surface area contributed by atoms with Crippen molar-refractivity contribution in [3.8, 4) is 5.69 Å². The van der Waals surface area contributed by atoms with E-state index >= 15 is 0 Å². The summed E-state index contributed by atoms with van der Waals surface area (Å²) in [4.78, 5) is 23.5. The van der Waals surface area contributed by atoms with Crippen molar-refractivity contribution in [1.29, 1.82) is 0 Å². The number of halogens is 1. The van der Waals surface area contributed by atoms with Crippen LogP contribution in [0.4, 0.5) is 0 Å². The molecule has 2 aromatic heterocycles. The molecule has 0 fully saturated rings. The predicted octanol–water partition coefficient (Wildman–Crippen LogP) is 2.05. The molecule has 8 heteroatoms. The van der Waals surface area contributed by atoms with Gasteiger partial charge >= 0.3 is 0 Å². The van der Waals surface area contributed by atoms with Gasteiger partial charge in [-0.2, -0.15) is 10.3 Å². The second kappa shape index (κ2) is 6.13. The lowest BCUT2D eigenvalue weighted by Crippen LogP contribution is -2.27. The van der Waals surface area contributed by atoms with Crippen molar-refractivity contribution in [1.82, 2.24) is 20.3 Å². The normalized spacial score (nSPS) is 10.7. The minimum absolute atomic E-state index is 0.0211. The highest BCUT2D eigenvalue weighted by atomic mass is 35.5. The molecule has 0 bridgehead atoms. The van der Waals surface area contributed by atoms with Crippen LogP contribution in [0.25, 0.3) is 5.69 Å². The van der Waals surface area contributed by atoms with Crippen LogP contribution in [0.1, 0.15) is 21.7 Å². The second-order valence-electron chi connectivity index (χ2n) is 4.92. The van der Waals surface area contributed by atoms with Gasteiger partial charge in [-0.3, -0.25) is 9.59 Å². The molecule has 0 radical (unpaired) electrons. The summed E-state index contributed by atoms with van der Waals surface area (Å²) in [5.74, 6) is -0.241. The van der Waals surface area contributed by atoms with Crippen LogP contribution >= 0.6 is 11.6 Å². The Morgan fingerprint density at radius 1 is 1.48 bits per heavy atom. The first-order valence-corrected chi connectivity index (χ1v) is 7.18. The van der Waals surface area contributed by atoms with Gasteiger partial charge in [-0.15, -0.1) is 0 Å². The lowest BCUT2D eigenvalue weighted by atomic mass is 10.2. The highest BCUT2D eigenvalue weighted by molar-refractivity contribution is 6.30. The van der Waals surface area contributed by atoms with Gasteiger partial charge < -0.3 is 9.84 Å². The zero-order valence-corrected chi connectivity index (χ0v) is 12.9. The Bertz CT molecular complexity index is 909. The molecule has 23 heavy (non-hydrogen) atoms. The van der Waals surface area contributed by atoms with Crippen LogP contribution in [0.15, 0.2) is 46.0 Å². The van der Waals surface area contributed by atoms with Crippen molar-refractivity contribution in [3.05, 3.63) is 68.9 Å². The number of hydrogen-bond donors (Lipinski definition) is 2. The molecule has 0 aliphatic heterocycles. The van der Waals surface area contributed by atoms with Gasteiger partial charge in [0.1, 0.15) is 11.3 Å². The maximum absolute atomic E-state index is 12.0. The number of aromatic nitrogens is 3. The molecule has 0 unspecified atom stereocenters. The fourth-order valence-corrected chi connectivity index (χ4v) is 2.31. The molecule has 0 saturated carbocycles. The minimum atomic E-state index is -0.547. The van der Waals surface area contributed by atoms with Crippen LogP contribution < -0.4 is 10.9 Å². The standard InChI is InChI=1S/C15H13ClN4O3/c1-9-13(15(22)19-23-9)14(21)17-6-10-7-18-20(8-10)12-4-2-3-11(16)5-12/h2-5,7-8H,6H2,1H3,(H,17,21)(H,19,22). The number of carbonyl (C=O) groups is 1. The number of benzene rings is 1. The molecule has 1 amide bonds. The van der Waals surface area contributed by atoms with E-state index in [1.54, 1.807) is 36.1 Å². The van der Waals surface area contributed by atoms with Gasteiger partial charge in [-0.25, -0.2) is 4.68 Å². The molecule has 2 heterocycles. The molecular formula is C15H13ClN4O3. The lowest BCUT2D eigenvalue weighted by Gasteiger charge is -2.02. The van der Waals surface area contributed by atoms with Crippen molar-refractivity contribution in [2.75, 3.05) is 0 Å². The van der Waals surface area contributed by atoms with Crippen LogP contribution in [0.3, 0.4) is 0 Å². The number of rotatable bonds is 4. The van der Waals surface area contributed by atoms with E-state index in [1.807, 2.05) is 12.1 Å². The number of nitrogens with zero attached hydrogens (tertiary/aromatic N) is 2. The summed E-state index contributed by atoms with van der Waals surface area (Å²) in [7, 11) is 0. The second-order valence-corrected chi connectivity index (χ2v) is 5.36. The van der Waals surface area contributed by atoms with Crippen LogP contribution in [0.5, 0.6) is 0 Å². The lowest BCUT2D eigenvalue weighted by molar-refractivity contribution is 0.0948. The first-order chi connectivity index (χ1) is 11.0. The number of nitrogens with one attached hydrogen (secondary N) is 2. The highest BCUT2D eigenvalue weighted by Gasteiger charge is 2.17. The van der Waals surface area contributed by atoms with Gasteiger partial charge in [0.25, 0.3) is 11.5 Å². The highest BCUT2D eigenvalue weighted by Crippen LogP contribution is 2.14. The molecule has 1 aromatic carbocycles. The maximum atomic E-state index is 12.0. The van der Waals surface area contributed by atoms with E-state index in [9.17, 15) is 9.59 Å². The van der Waals surface area contributed by atoms with Crippen LogP contribution in [-0.4, -0.2) is 20.8 Å². The number of amides is 1. The van der Waals surface area contributed by atoms with Crippen molar-refractivity contribution in [2.24, 2.45) is 0 Å². The summed E-state index contributed by atoms with van der Waals surface area (Å²) in [6.07, 6.45) is 3.41. The van der Waals surface area contributed by atoms with Crippen molar-refractivity contribution < 1.29 is 9.32 Å². The van der Waals surface area contributed by atoms with Gasteiger partial charge in [0.2, 0.25) is 0 Å². The molecule has 3 aromatic rings. The third-order valence-electron chi connectivity index (χ3n) is 3.26. The monoisotopic (exact) mass is 332 g/mol. The molecule has 0 aliphatic rings. The third kappa shape index (κ3) is 3.19. The summed E-state index contributed by atoms with van der Waals surface area (Å²) in [5.41, 5.74) is 1.04. The van der Waals surface area contributed by atoms with E-state index in [4.69, 9.17) is 16.1 Å². The molecule has 0 spiro atoms. The van der Waals surface area contributed by atoms with Crippen LogP contribution in [0.2, 0.25) is 5.02 Å². The summed E-state index contributed by atoms with van der Waals surface area (Å²) < 4.78 is 6.47.